The molecule has 3 aliphatic rings. The van der Waals surface area contributed by atoms with Crippen LogP contribution in [0.3, 0.4) is 0 Å². The van der Waals surface area contributed by atoms with Gasteiger partial charge in [-0.25, -0.2) is 0 Å². The molecule has 0 radical (unpaired) electrons. The zero-order valence-corrected chi connectivity index (χ0v) is 21.3. The summed E-state index contributed by atoms with van der Waals surface area (Å²) in [6.07, 6.45) is 13.6. The molecule has 0 bridgehead atoms. The van der Waals surface area contributed by atoms with E-state index >= 15 is 0 Å². The number of amides is 1. The summed E-state index contributed by atoms with van der Waals surface area (Å²) in [5, 5.41) is 1.43. The van der Waals surface area contributed by atoms with Crippen LogP contribution in [0.25, 0.3) is 6.08 Å². The largest absolute Gasteiger partial charge is 0.490 e. The summed E-state index contributed by atoms with van der Waals surface area (Å²) in [6, 6.07) is 4.24. The summed E-state index contributed by atoms with van der Waals surface area (Å²) in [4.78, 5) is 21.4. The molecule has 2 saturated carbocycles. The number of aliphatic imine (C=N–C) groups is 1. The Morgan fingerprint density at radius 3 is 2.24 bits per heavy atom. The zero-order chi connectivity index (χ0) is 23.2. The van der Waals surface area contributed by atoms with E-state index < -0.39 is 0 Å². The molecule has 1 aromatic carbocycles. The summed E-state index contributed by atoms with van der Waals surface area (Å²) in [6.45, 7) is 4.93. The highest BCUT2D eigenvalue weighted by Gasteiger charge is 2.39. The van der Waals surface area contributed by atoms with Gasteiger partial charge in [0.2, 0.25) is 0 Å². The molecular weight excluding hydrogens is 456 g/mol. The number of amidine groups is 1. The van der Waals surface area contributed by atoms with Crippen LogP contribution < -0.4 is 9.47 Å². The van der Waals surface area contributed by atoms with Gasteiger partial charge in [0.1, 0.15) is 0 Å². The lowest BCUT2D eigenvalue weighted by Crippen LogP contribution is -2.41. The molecule has 1 aromatic rings. The Morgan fingerprint density at radius 2 is 1.61 bits per heavy atom. The fourth-order valence-corrected chi connectivity index (χ4v) is 6.25. The van der Waals surface area contributed by atoms with E-state index in [4.69, 9.17) is 26.1 Å². The predicted molar refractivity (Wildman–Crippen MR) is 137 cm³/mol. The average molecular weight is 491 g/mol. The van der Waals surface area contributed by atoms with Crippen LogP contribution in [0.15, 0.2) is 22.0 Å². The lowest BCUT2D eigenvalue weighted by Gasteiger charge is -2.31. The summed E-state index contributed by atoms with van der Waals surface area (Å²) >= 11 is 8.10. The van der Waals surface area contributed by atoms with Gasteiger partial charge >= 0.3 is 0 Å². The molecule has 0 spiro atoms. The van der Waals surface area contributed by atoms with Gasteiger partial charge in [-0.2, -0.15) is 0 Å². The van der Waals surface area contributed by atoms with E-state index in [1.54, 1.807) is 6.07 Å². The molecule has 1 aliphatic heterocycles. The van der Waals surface area contributed by atoms with Crippen LogP contribution in [0, 0.1) is 0 Å². The molecule has 180 valence electrons. The molecule has 1 amide bonds. The van der Waals surface area contributed by atoms with Crippen molar-refractivity contribution in [2.45, 2.75) is 90.1 Å². The van der Waals surface area contributed by atoms with Crippen molar-refractivity contribution in [2.24, 2.45) is 4.99 Å². The summed E-state index contributed by atoms with van der Waals surface area (Å²) in [5.41, 5.74) is 0.766. The van der Waals surface area contributed by atoms with Crippen LogP contribution in [-0.4, -0.2) is 41.3 Å². The first kappa shape index (κ1) is 24.5. The lowest BCUT2D eigenvalue weighted by atomic mass is 9.94. The number of carbonyl (C=O) groups excluding carboxylic acids is 1. The highest BCUT2D eigenvalue weighted by Crippen LogP contribution is 2.41. The molecule has 0 N–H and O–H groups in total. The van der Waals surface area contributed by atoms with Crippen LogP contribution >= 0.6 is 23.4 Å². The molecule has 1 heterocycles. The molecule has 33 heavy (non-hydrogen) atoms. The van der Waals surface area contributed by atoms with Crippen molar-refractivity contribution in [1.82, 2.24) is 4.90 Å². The maximum atomic E-state index is 13.6. The minimum absolute atomic E-state index is 0.0596. The van der Waals surface area contributed by atoms with Gasteiger partial charge in [0.15, 0.2) is 16.7 Å². The van der Waals surface area contributed by atoms with Crippen molar-refractivity contribution in [3.8, 4) is 11.5 Å². The monoisotopic (exact) mass is 490 g/mol. The van der Waals surface area contributed by atoms with E-state index in [0.717, 1.165) is 36.4 Å². The molecule has 4 rings (SSSR count). The third kappa shape index (κ3) is 5.89. The minimum atomic E-state index is 0.0596. The molecule has 0 unspecified atom stereocenters. The molecular formula is C26H35ClN2O3S. The van der Waals surface area contributed by atoms with E-state index in [0.29, 0.717) is 40.7 Å². The molecule has 2 aliphatic carbocycles. The van der Waals surface area contributed by atoms with Crippen LogP contribution in [0.5, 0.6) is 11.5 Å². The predicted octanol–water partition coefficient (Wildman–Crippen LogP) is 7.08. The number of halogens is 1. The number of ether oxygens (including phenoxy) is 2. The quantitative estimate of drug-likeness (QED) is 0.383. The second-order valence-corrected chi connectivity index (χ2v) is 10.4. The van der Waals surface area contributed by atoms with Gasteiger partial charge in [-0.15, -0.1) is 0 Å². The molecule has 3 fully saturated rings. The second kappa shape index (κ2) is 11.7. The highest BCUT2D eigenvalue weighted by molar-refractivity contribution is 8.18. The van der Waals surface area contributed by atoms with E-state index in [9.17, 15) is 4.79 Å². The number of rotatable bonds is 7. The number of hydrogen-bond acceptors (Lipinski definition) is 5. The Kier molecular flexibility index (Phi) is 8.64. The third-order valence-corrected chi connectivity index (χ3v) is 7.92. The summed E-state index contributed by atoms with van der Waals surface area (Å²) in [7, 11) is 0. The van der Waals surface area contributed by atoms with Gasteiger partial charge in [0.05, 0.1) is 29.2 Å². The SMILES string of the molecule is CCOc1cc(Cl)c(C=C2SC(=NC3CCCCC3)N(C3CCCCC3)C2=O)cc1OCC. The Morgan fingerprint density at radius 1 is 1.00 bits per heavy atom. The van der Waals surface area contributed by atoms with Crippen LogP contribution in [0.1, 0.15) is 83.6 Å². The standard InChI is InChI=1S/C26H35ClN2O3S/c1-3-31-22-15-18(21(27)17-23(22)32-4-2)16-24-25(30)29(20-13-9-6-10-14-20)26(33-24)28-19-11-7-5-8-12-19/h15-17,19-20H,3-14H2,1-2H3. The van der Waals surface area contributed by atoms with E-state index in [2.05, 4.69) is 0 Å². The minimum Gasteiger partial charge on any atom is -0.490 e. The number of nitrogens with zero attached hydrogens (tertiary/aromatic N) is 2. The van der Waals surface area contributed by atoms with Gasteiger partial charge < -0.3 is 9.47 Å². The normalized spacial score (nSPS) is 23.0. The first-order valence-electron chi connectivity index (χ1n) is 12.5. The van der Waals surface area contributed by atoms with Crippen LogP contribution in [0.4, 0.5) is 0 Å². The van der Waals surface area contributed by atoms with Crippen molar-refractivity contribution in [3.63, 3.8) is 0 Å². The third-order valence-electron chi connectivity index (χ3n) is 6.59. The average Bonchev–Trinajstić information content (AvgIpc) is 3.12. The number of thioether (sulfide) groups is 1. The molecule has 7 heteroatoms. The Hall–Kier alpha value is -1.66. The number of hydrogen-bond donors (Lipinski definition) is 0. The van der Waals surface area contributed by atoms with Gasteiger partial charge in [0.25, 0.3) is 5.91 Å². The van der Waals surface area contributed by atoms with Crippen LogP contribution in [-0.2, 0) is 4.79 Å². The maximum Gasteiger partial charge on any atom is 0.267 e. The smallest absolute Gasteiger partial charge is 0.267 e. The summed E-state index contributed by atoms with van der Waals surface area (Å²) < 4.78 is 11.5. The van der Waals surface area contributed by atoms with Crippen molar-refractivity contribution < 1.29 is 14.3 Å². The fourth-order valence-electron chi connectivity index (χ4n) is 4.94. The first-order valence-corrected chi connectivity index (χ1v) is 13.7. The lowest BCUT2D eigenvalue weighted by molar-refractivity contribution is -0.124. The number of benzene rings is 1. The Bertz CT molecular complexity index is 905. The highest BCUT2D eigenvalue weighted by atomic mass is 35.5. The topological polar surface area (TPSA) is 51.1 Å². The van der Waals surface area contributed by atoms with E-state index in [1.807, 2.05) is 30.9 Å². The first-order chi connectivity index (χ1) is 16.1. The van der Waals surface area contributed by atoms with Crippen molar-refractivity contribution in [1.29, 1.82) is 0 Å². The fraction of sp³-hybridized carbons (Fsp3) is 0.615. The van der Waals surface area contributed by atoms with E-state index in [1.165, 1.54) is 50.3 Å². The molecule has 1 saturated heterocycles. The van der Waals surface area contributed by atoms with Crippen molar-refractivity contribution in [3.05, 3.63) is 27.6 Å². The van der Waals surface area contributed by atoms with E-state index in [-0.39, 0.29) is 11.9 Å². The van der Waals surface area contributed by atoms with Gasteiger partial charge in [0, 0.05) is 12.1 Å². The molecule has 0 aromatic heterocycles. The Balaban J connectivity index is 1.66. The maximum absolute atomic E-state index is 13.6. The molecule has 5 nitrogen and oxygen atoms in total. The van der Waals surface area contributed by atoms with Crippen LogP contribution in [0.2, 0.25) is 5.02 Å². The van der Waals surface area contributed by atoms with Crippen molar-refractivity contribution in [2.75, 3.05) is 13.2 Å². The summed E-state index contributed by atoms with van der Waals surface area (Å²) in [5.74, 6) is 1.33. The Labute approximate surface area is 206 Å². The van der Waals surface area contributed by atoms with Gasteiger partial charge in [-0.1, -0.05) is 50.1 Å². The molecule has 0 atom stereocenters. The number of carbonyl (C=O) groups is 1. The zero-order valence-electron chi connectivity index (χ0n) is 19.8. The van der Waals surface area contributed by atoms with Gasteiger partial charge in [-0.3, -0.25) is 14.7 Å². The van der Waals surface area contributed by atoms with Gasteiger partial charge in [-0.05, 0) is 69.0 Å². The second-order valence-electron chi connectivity index (χ2n) is 8.97. The van der Waals surface area contributed by atoms with Crippen molar-refractivity contribution >= 4 is 40.5 Å².